The number of phosphoric ester groups is 2. The Labute approximate surface area is 127 Å². The van der Waals surface area contributed by atoms with Gasteiger partial charge < -0.3 is 44.5 Å². The molecular weight excluding hydrogens is 393 g/mol. The Bertz CT molecular complexity index is 549. The average molecular weight is 406 g/mol. The van der Waals surface area contributed by atoms with E-state index in [1.165, 1.54) is 0 Å². The predicted molar refractivity (Wildman–Crippen MR) is 63.8 cm³/mol. The van der Waals surface area contributed by atoms with Crippen LogP contribution in [0.2, 0.25) is 0 Å². The second-order valence-corrected chi connectivity index (χ2v) is 8.06. The van der Waals surface area contributed by atoms with Gasteiger partial charge in [-0.2, -0.15) is 4.31 Å². The number of aliphatic hydroxyl groups excluding tert-OH is 3. The number of hydrogen-bond donors (Lipinski definition) is 8. The Morgan fingerprint density at radius 1 is 0.913 bits per heavy atom. The maximum Gasteiger partial charge on any atom is 0.483 e. The second-order valence-electron chi connectivity index (χ2n) is 4.08. The highest BCUT2D eigenvalue weighted by Crippen LogP contribution is 2.59. The molecule has 0 spiro atoms. The van der Waals surface area contributed by atoms with Crippen molar-refractivity contribution in [1.29, 1.82) is 0 Å². The Kier molecular flexibility index (Phi) is 6.67. The molecule has 0 saturated carbocycles. The molecule has 1 rings (SSSR count). The summed E-state index contributed by atoms with van der Waals surface area (Å²) in [6.07, 6.45) is -11.0. The molecule has 1 aliphatic heterocycles. The SMILES string of the molecule is O=P(O)(O)OC(O)[C@H]1OC(OP(=O)(O)OP(=O)(O)O)[C@H](O)[C@@H]1O. The fourth-order valence-corrected chi connectivity index (χ4v) is 3.55. The lowest BCUT2D eigenvalue weighted by molar-refractivity contribution is -0.182. The van der Waals surface area contributed by atoms with Crippen LogP contribution in [0.4, 0.5) is 0 Å². The average Bonchev–Trinajstić information content (AvgIpc) is 2.51. The summed E-state index contributed by atoms with van der Waals surface area (Å²) in [6.45, 7) is 0. The fourth-order valence-electron chi connectivity index (χ4n) is 1.48. The van der Waals surface area contributed by atoms with Gasteiger partial charge in [0.25, 0.3) is 0 Å². The molecule has 1 saturated heterocycles. The third kappa shape index (κ3) is 6.92. The lowest BCUT2D eigenvalue weighted by atomic mass is 10.1. The van der Waals surface area contributed by atoms with Gasteiger partial charge in [0.2, 0.25) is 0 Å². The minimum Gasteiger partial charge on any atom is -0.387 e. The molecule has 0 aromatic rings. The van der Waals surface area contributed by atoms with Crippen LogP contribution in [0.3, 0.4) is 0 Å². The van der Waals surface area contributed by atoms with Crippen molar-refractivity contribution in [2.75, 3.05) is 0 Å². The summed E-state index contributed by atoms with van der Waals surface area (Å²) >= 11 is 0. The van der Waals surface area contributed by atoms with Crippen molar-refractivity contribution in [3.8, 4) is 0 Å². The summed E-state index contributed by atoms with van der Waals surface area (Å²) in [5.41, 5.74) is 0. The Morgan fingerprint density at radius 3 is 1.87 bits per heavy atom. The van der Waals surface area contributed by atoms with Gasteiger partial charge in [-0.1, -0.05) is 0 Å². The number of aliphatic hydroxyl groups is 3. The summed E-state index contributed by atoms with van der Waals surface area (Å²) < 4.78 is 48.1. The highest BCUT2D eigenvalue weighted by molar-refractivity contribution is 7.60. The van der Waals surface area contributed by atoms with E-state index in [1.807, 2.05) is 0 Å². The third-order valence-electron chi connectivity index (χ3n) is 2.23. The minimum absolute atomic E-state index is 2.03. The summed E-state index contributed by atoms with van der Waals surface area (Å²) in [6, 6.07) is 0. The van der Waals surface area contributed by atoms with Crippen LogP contribution in [0, 0.1) is 0 Å². The van der Waals surface area contributed by atoms with Crippen LogP contribution in [-0.2, 0) is 31.8 Å². The third-order valence-corrected chi connectivity index (χ3v) is 4.87. The van der Waals surface area contributed by atoms with E-state index < -0.39 is 54.4 Å². The summed E-state index contributed by atoms with van der Waals surface area (Å²) in [4.78, 5) is 42.8. The van der Waals surface area contributed by atoms with Crippen LogP contribution in [0.25, 0.3) is 0 Å². The van der Waals surface area contributed by atoms with E-state index in [-0.39, 0.29) is 0 Å². The molecule has 15 nitrogen and oxygen atoms in total. The van der Waals surface area contributed by atoms with Crippen LogP contribution in [-0.4, -0.2) is 70.7 Å². The molecule has 138 valence electrons. The molecule has 1 aliphatic rings. The van der Waals surface area contributed by atoms with Gasteiger partial charge in [0.1, 0.15) is 18.3 Å². The zero-order chi connectivity index (χ0) is 18.2. The first-order valence-electron chi connectivity index (χ1n) is 5.33. The molecule has 3 unspecified atom stereocenters. The summed E-state index contributed by atoms with van der Waals surface area (Å²) in [5.74, 6) is 0. The first-order chi connectivity index (χ1) is 10.1. The number of phosphoric acid groups is 3. The molecule has 23 heavy (non-hydrogen) atoms. The second kappa shape index (κ2) is 7.22. The van der Waals surface area contributed by atoms with E-state index in [1.54, 1.807) is 0 Å². The highest BCUT2D eigenvalue weighted by atomic mass is 31.3. The molecule has 0 aliphatic carbocycles. The van der Waals surface area contributed by atoms with Crippen molar-refractivity contribution >= 4 is 23.5 Å². The Morgan fingerprint density at radius 2 is 1.43 bits per heavy atom. The van der Waals surface area contributed by atoms with E-state index >= 15 is 0 Å². The van der Waals surface area contributed by atoms with Gasteiger partial charge >= 0.3 is 23.5 Å². The molecule has 0 aromatic carbocycles. The largest absolute Gasteiger partial charge is 0.483 e. The smallest absolute Gasteiger partial charge is 0.387 e. The number of hydrogen-bond acceptors (Lipinski definition) is 10. The van der Waals surface area contributed by atoms with Crippen molar-refractivity contribution in [2.24, 2.45) is 0 Å². The van der Waals surface area contributed by atoms with E-state index in [4.69, 9.17) is 24.5 Å². The van der Waals surface area contributed by atoms with Crippen LogP contribution in [0.5, 0.6) is 0 Å². The minimum atomic E-state index is -5.46. The van der Waals surface area contributed by atoms with Crippen molar-refractivity contribution in [2.45, 2.75) is 30.9 Å². The van der Waals surface area contributed by atoms with Gasteiger partial charge in [-0.25, -0.2) is 13.7 Å². The van der Waals surface area contributed by atoms with Crippen molar-refractivity contribution in [3.05, 3.63) is 0 Å². The maximum absolute atomic E-state index is 11.3. The summed E-state index contributed by atoms with van der Waals surface area (Å²) in [5, 5.41) is 28.3. The maximum atomic E-state index is 11.3. The Hall–Kier alpha value is 0.210. The topological polar surface area (TPSA) is 250 Å². The standard InChI is InChI=1S/C5H13O15P3/c6-1-2(7)5(19-23(15,16)20-22(12,13)14)17-3(1)4(8)18-21(9,10)11/h1-8H,(H,15,16)(H2,9,10,11)(H2,12,13,14)/t1-,2+,3-,4?,5?/m0/s1. The van der Waals surface area contributed by atoms with Gasteiger partial charge in [-0.05, 0) is 0 Å². The van der Waals surface area contributed by atoms with E-state index in [0.717, 1.165) is 0 Å². The van der Waals surface area contributed by atoms with E-state index in [0.29, 0.717) is 0 Å². The normalized spacial score (nSPS) is 33.4. The predicted octanol–water partition coefficient (Wildman–Crippen LogP) is -2.91. The van der Waals surface area contributed by atoms with Gasteiger partial charge in [-0.15, -0.1) is 0 Å². The molecule has 1 heterocycles. The van der Waals surface area contributed by atoms with Gasteiger partial charge in [0.05, 0.1) is 0 Å². The van der Waals surface area contributed by atoms with Crippen molar-refractivity contribution in [3.63, 3.8) is 0 Å². The van der Waals surface area contributed by atoms with Gasteiger partial charge in [-0.3, -0.25) is 9.05 Å². The molecule has 6 atom stereocenters. The van der Waals surface area contributed by atoms with Gasteiger partial charge in [0.15, 0.2) is 12.6 Å². The molecule has 18 heteroatoms. The fraction of sp³-hybridized carbons (Fsp3) is 1.00. The zero-order valence-corrected chi connectivity index (χ0v) is 13.3. The zero-order valence-electron chi connectivity index (χ0n) is 10.7. The van der Waals surface area contributed by atoms with E-state index in [2.05, 4.69) is 18.1 Å². The lowest BCUT2D eigenvalue weighted by Crippen LogP contribution is -2.39. The molecule has 0 aromatic heterocycles. The Balaban J connectivity index is 2.79. The monoisotopic (exact) mass is 406 g/mol. The van der Waals surface area contributed by atoms with Crippen LogP contribution >= 0.6 is 23.5 Å². The van der Waals surface area contributed by atoms with Crippen LogP contribution in [0.15, 0.2) is 0 Å². The quantitative estimate of drug-likeness (QED) is 0.156. The number of rotatable bonds is 7. The summed E-state index contributed by atoms with van der Waals surface area (Å²) in [7, 11) is -16.1. The first kappa shape index (κ1) is 21.3. The van der Waals surface area contributed by atoms with Crippen LogP contribution in [0.1, 0.15) is 0 Å². The lowest BCUT2D eigenvalue weighted by Gasteiger charge is -2.21. The molecule has 8 N–H and O–H groups in total. The molecule has 0 radical (unpaired) electrons. The van der Waals surface area contributed by atoms with Crippen molar-refractivity contribution < 1.29 is 71.6 Å². The van der Waals surface area contributed by atoms with Crippen molar-refractivity contribution in [1.82, 2.24) is 0 Å². The molecule has 0 bridgehead atoms. The van der Waals surface area contributed by atoms with Gasteiger partial charge in [0, 0.05) is 0 Å². The molecular formula is C5H13O15P3. The highest BCUT2D eigenvalue weighted by Gasteiger charge is 2.51. The van der Waals surface area contributed by atoms with Crippen LogP contribution < -0.4 is 0 Å². The molecule has 0 amide bonds. The van der Waals surface area contributed by atoms with E-state index in [9.17, 15) is 29.0 Å². The molecule has 1 fully saturated rings. The first-order valence-corrected chi connectivity index (χ1v) is 9.88. The number of ether oxygens (including phenoxy) is 1.